The average molecular weight is 255 g/mol. The Labute approximate surface area is 83.9 Å². The van der Waals surface area contributed by atoms with Gasteiger partial charge in [-0.2, -0.15) is 0 Å². The number of hydrogen-bond donors (Lipinski definition) is 0. The van der Waals surface area contributed by atoms with Crippen LogP contribution in [0.4, 0.5) is 0 Å². The molecule has 4 heteroatoms. The number of nitrogens with zero attached hydrogens (tertiary/aromatic N) is 1. The van der Waals surface area contributed by atoms with Crippen molar-refractivity contribution in [3.05, 3.63) is 28.0 Å². The van der Waals surface area contributed by atoms with E-state index in [0.717, 1.165) is 17.4 Å². The van der Waals surface area contributed by atoms with E-state index in [2.05, 4.69) is 20.9 Å². The van der Waals surface area contributed by atoms with E-state index in [-0.39, 0.29) is 0 Å². The van der Waals surface area contributed by atoms with Crippen LogP contribution in [0.25, 0.3) is 0 Å². The number of aryl methyl sites for hydroxylation is 1. The summed E-state index contributed by atoms with van der Waals surface area (Å²) < 4.78 is 0. The second-order valence-electron chi connectivity index (χ2n) is 1.99. The molecule has 0 atom stereocenters. The van der Waals surface area contributed by atoms with Crippen LogP contribution in [0.15, 0.2) is 12.3 Å². The van der Waals surface area contributed by atoms with E-state index in [1.54, 1.807) is 12.3 Å². The van der Waals surface area contributed by atoms with Crippen LogP contribution in [0.2, 0.25) is 10.0 Å². The van der Waals surface area contributed by atoms with Gasteiger partial charge >= 0.3 is 0 Å². The Bertz CT molecular complexity index is 252. The molecule has 11 heavy (non-hydrogen) atoms. The number of hydrogen-bond acceptors (Lipinski definition) is 1. The minimum atomic E-state index is 0.564. The third kappa shape index (κ3) is 2.32. The molecule has 0 amide bonds. The van der Waals surface area contributed by atoms with Crippen molar-refractivity contribution in [2.75, 3.05) is 5.33 Å². The zero-order valence-corrected chi connectivity index (χ0v) is 8.75. The first-order valence-corrected chi connectivity index (χ1v) is 4.98. The summed E-state index contributed by atoms with van der Waals surface area (Å²) in [5.41, 5.74) is 0.844. The molecule has 1 heterocycles. The third-order valence-electron chi connectivity index (χ3n) is 1.25. The second kappa shape index (κ2) is 4.29. The Kier molecular flexibility index (Phi) is 3.63. The van der Waals surface area contributed by atoms with Gasteiger partial charge in [-0.3, -0.25) is 4.98 Å². The van der Waals surface area contributed by atoms with Crippen molar-refractivity contribution in [2.24, 2.45) is 0 Å². The highest BCUT2D eigenvalue weighted by Crippen LogP contribution is 2.23. The van der Waals surface area contributed by atoms with Gasteiger partial charge in [-0.1, -0.05) is 39.1 Å². The van der Waals surface area contributed by atoms with Crippen LogP contribution in [0, 0.1) is 0 Å². The fourth-order valence-electron chi connectivity index (χ4n) is 0.724. The summed E-state index contributed by atoms with van der Waals surface area (Å²) in [6.45, 7) is 0. The van der Waals surface area contributed by atoms with Crippen molar-refractivity contribution in [3.63, 3.8) is 0 Å². The van der Waals surface area contributed by atoms with Crippen LogP contribution in [0.1, 0.15) is 5.69 Å². The molecule has 0 fully saturated rings. The molecule has 0 aliphatic heterocycles. The highest BCUT2D eigenvalue weighted by molar-refractivity contribution is 9.09. The van der Waals surface area contributed by atoms with Crippen molar-refractivity contribution in [2.45, 2.75) is 6.42 Å². The summed E-state index contributed by atoms with van der Waals surface area (Å²) in [6.07, 6.45) is 2.46. The topological polar surface area (TPSA) is 12.9 Å². The molecule has 0 N–H and O–H groups in total. The molecule has 1 aromatic rings. The summed E-state index contributed by atoms with van der Waals surface area (Å²) in [6, 6.07) is 1.68. The van der Waals surface area contributed by atoms with Gasteiger partial charge < -0.3 is 0 Å². The molecular weight excluding hydrogens is 249 g/mol. The van der Waals surface area contributed by atoms with E-state index >= 15 is 0 Å². The molecule has 0 aromatic carbocycles. The Hall–Kier alpha value is 0.210. The summed E-state index contributed by atoms with van der Waals surface area (Å²) in [7, 11) is 0. The summed E-state index contributed by atoms with van der Waals surface area (Å²) in [5, 5.41) is 1.98. The molecule has 0 spiro atoms. The van der Waals surface area contributed by atoms with E-state index in [1.807, 2.05) is 0 Å². The first kappa shape index (κ1) is 9.30. The predicted octanol–water partition coefficient (Wildman–Crippen LogP) is 3.33. The smallest absolute Gasteiger partial charge is 0.0807 e. The maximum absolute atomic E-state index is 5.86. The Morgan fingerprint density at radius 1 is 1.45 bits per heavy atom. The van der Waals surface area contributed by atoms with Crippen LogP contribution >= 0.6 is 39.1 Å². The Morgan fingerprint density at radius 3 is 2.82 bits per heavy atom. The van der Waals surface area contributed by atoms with Gasteiger partial charge in [-0.15, -0.1) is 0 Å². The van der Waals surface area contributed by atoms with Crippen molar-refractivity contribution >= 4 is 39.1 Å². The van der Waals surface area contributed by atoms with Gasteiger partial charge in [0.2, 0.25) is 0 Å². The van der Waals surface area contributed by atoms with E-state index in [1.165, 1.54) is 0 Å². The first-order chi connectivity index (χ1) is 5.25. The number of rotatable bonds is 2. The SMILES string of the molecule is Clc1ccnc(CCBr)c1Cl. The Balaban J connectivity index is 2.96. The van der Waals surface area contributed by atoms with Crippen LogP contribution in [-0.2, 0) is 6.42 Å². The monoisotopic (exact) mass is 253 g/mol. The van der Waals surface area contributed by atoms with Gasteiger partial charge in [0.1, 0.15) is 0 Å². The molecule has 0 aliphatic carbocycles. The maximum atomic E-state index is 5.86. The molecule has 1 aromatic heterocycles. The lowest BCUT2D eigenvalue weighted by Gasteiger charge is -2.00. The fraction of sp³-hybridized carbons (Fsp3) is 0.286. The lowest BCUT2D eigenvalue weighted by Crippen LogP contribution is -1.91. The zero-order chi connectivity index (χ0) is 8.27. The predicted molar refractivity (Wildman–Crippen MR) is 51.8 cm³/mol. The van der Waals surface area contributed by atoms with E-state index in [0.29, 0.717) is 10.0 Å². The zero-order valence-electron chi connectivity index (χ0n) is 5.65. The molecule has 0 bridgehead atoms. The van der Waals surface area contributed by atoms with Gasteiger partial charge in [-0.25, -0.2) is 0 Å². The molecule has 0 saturated heterocycles. The number of pyridine rings is 1. The van der Waals surface area contributed by atoms with Crippen molar-refractivity contribution in [1.29, 1.82) is 0 Å². The third-order valence-corrected chi connectivity index (χ3v) is 2.48. The van der Waals surface area contributed by atoms with Crippen LogP contribution in [0.5, 0.6) is 0 Å². The van der Waals surface area contributed by atoms with E-state index in [9.17, 15) is 0 Å². The molecule has 0 radical (unpaired) electrons. The van der Waals surface area contributed by atoms with Crippen LogP contribution in [-0.4, -0.2) is 10.3 Å². The minimum absolute atomic E-state index is 0.564. The lowest BCUT2D eigenvalue weighted by atomic mass is 10.3. The number of alkyl halides is 1. The standard InChI is InChI=1S/C7H6BrCl2N/c8-3-1-6-7(10)5(9)2-4-11-6/h2,4H,1,3H2. The quantitative estimate of drug-likeness (QED) is 0.738. The van der Waals surface area contributed by atoms with E-state index < -0.39 is 0 Å². The van der Waals surface area contributed by atoms with Gasteiger partial charge in [0.15, 0.2) is 0 Å². The largest absolute Gasteiger partial charge is 0.260 e. The molecule has 1 rings (SSSR count). The molecule has 0 aliphatic rings. The first-order valence-electron chi connectivity index (χ1n) is 3.10. The summed E-state index contributed by atoms with van der Waals surface area (Å²) in [4.78, 5) is 4.08. The highest BCUT2D eigenvalue weighted by atomic mass is 79.9. The summed E-state index contributed by atoms with van der Waals surface area (Å²) >= 11 is 14.9. The fourth-order valence-corrected chi connectivity index (χ4v) is 1.47. The minimum Gasteiger partial charge on any atom is -0.260 e. The van der Waals surface area contributed by atoms with Crippen molar-refractivity contribution in [1.82, 2.24) is 4.98 Å². The highest BCUT2D eigenvalue weighted by Gasteiger charge is 2.03. The van der Waals surface area contributed by atoms with Crippen molar-refractivity contribution < 1.29 is 0 Å². The van der Waals surface area contributed by atoms with Gasteiger partial charge in [0, 0.05) is 17.9 Å². The normalized spacial score (nSPS) is 10.1. The molecule has 1 nitrogen and oxygen atoms in total. The number of aromatic nitrogens is 1. The van der Waals surface area contributed by atoms with Crippen molar-refractivity contribution in [3.8, 4) is 0 Å². The summed E-state index contributed by atoms with van der Waals surface area (Å²) in [5.74, 6) is 0. The molecule has 0 unspecified atom stereocenters. The maximum Gasteiger partial charge on any atom is 0.0807 e. The van der Waals surface area contributed by atoms with Crippen LogP contribution in [0.3, 0.4) is 0 Å². The molecular formula is C7H6BrCl2N. The molecule has 60 valence electrons. The molecule has 0 saturated carbocycles. The van der Waals surface area contributed by atoms with E-state index in [4.69, 9.17) is 23.2 Å². The van der Waals surface area contributed by atoms with Gasteiger partial charge in [0.05, 0.1) is 15.7 Å². The number of halogens is 3. The van der Waals surface area contributed by atoms with Crippen LogP contribution < -0.4 is 0 Å². The Morgan fingerprint density at radius 2 is 2.18 bits per heavy atom. The lowest BCUT2D eigenvalue weighted by molar-refractivity contribution is 1.05. The second-order valence-corrected chi connectivity index (χ2v) is 3.57. The van der Waals surface area contributed by atoms with Gasteiger partial charge in [0.25, 0.3) is 0 Å². The van der Waals surface area contributed by atoms with Gasteiger partial charge in [-0.05, 0) is 6.07 Å². The average Bonchev–Trinajstić information content (AvgIpc) is 1.99.